The molecule has 1 aromatic carbocycles. The van der Waals surface area contributed by atoms with Gasteiger partial charge in [-0.05, 0) is 33.4 Å². The van der Waals surface area contributed by atoms with Crippen LogP contribution in [0, 0.1) is 0 Å². The molecule has 3 aromatic rings. The Morgan fingerprint density at radius 1 is 1.28 bits per heavy atom. The predicted molar refractivity (Wildman–Crippen MR) is 76.3 cm³/mol. The Morgan fingerprint density at radius 3 is 2.89 bits per heavy atom. The first-order valence-corrected chi connectivity index (χ1v) is 7.14. The minimum Gasteiger partial charge on any atom is -0.464 e. The largest absolute Gasteiger partial charge is 0.464 e. The number of furan rings is 1. The molecule has 2 aromatic heterocycles. The van der Waals surface area contributed by atoms with E-state index >= 15 is 0 Å². The van der Waals surface area contributed by atoms with Crippen LogP contribution in [0.25, 0.3) is 11.0 Å². The van der Waals surface area contributed by atoms with Crippen LogP contribution in [0.15, 0.2) is 50.9 Å². The van der Waals surface area contributed by atoms with Crippen LogP contribution in [-0.2, 0) is 6.42 Å². The van der Waals surface area contributed by atoms with Gasteiger partial charge in [0.2, 0.25) is 0 Å². The lowest BCUT2D eigenvalue weighted by atomic mass is 10.1. The average molecular weight is 321 g/mol. The number of para-hydroxylation sites is 1. The third-order valence-corrected chi connectivity index (χ3v) is 4.72. The lowest BCUT2D eigenvalue weighted by Crippen LogP contribution is -2.01. The molecule has 0 aliphatic heterocycles. The summed E-state index contributed by atoms with van der Waals surface area (Å²) in [5.74, 6) is 0.0862. The molecule has 0 unspecified atom stereocenters. The lowest BCUT2D eigenvalue weighted by Gasteiger charge is -1.97. The van der Waals surface area contributed by atoms with Gasteiger partial charge in [-0.25, -0.2) is 0 Å². The Kier molecular flexibility index (Phi) is 3.06. The number of thiophene rings is 1. The third kappa shape index (κ3) is 2.02. The second-order valence-corrected chi connectivity index (χ2v) is 5.79. The Labute approximate surface area is 116 Å². The van der Waals surface area contributed by atoms with Crippen molar-refractivity contribution in [3.05, 3.63) is 56.9 Å². The van der Waals surface area contributed by atoms with Crippen LogP contribution in [0.3, 0.4) is 0 Å². The second-order valence-electron chi connectivity index (χ2n) is 3.94. The number of Topliss-reactive ketones (excluding diaryl/α,β-unsaturated/α-hetero) is 1. The summed E-state index contributed by atoms with van der Waals surface area (Å²) in [6.07, 6.45) is 1.95. The van der Waals surface area contributed by atoms with Crippen molar-refractivity contribution in [2.24, 2.45) is 0 Å². The first kappa shape index (κ1) is 11.7. The molecular weight excluding hydrogens is 312 g/mol. The molecule has 90 valence electrons. The van der Waals surface area contributed by atoms with E-state index < -0.39 is 0 Å². The van der Waals surface area contributed by atoms with Gasteiger partial charge in [-0.2, -0.15) is 0 Å². The summed E-state index contributed by atoms with van der Waals surface area (Å²) in [5.41, 5.74) is 1.41. The normalized spacial score (nSPS) is 10.9. The van der Waals surface area contributed by atoms with E-state index in [9.17, 15) is 4.79 Å². The highest BCUT2D eigenvalue weighted by Crippen LogP contribution is 2.27. The van der Waals surface area contributed by atoms with Gasteiger partial charge >= 0.3 is 0 Å². The van der Waals surface area contributed by atoms with Crippen molar-refractivity contribution < 1.29 is 9.21 Å². The molecule has 0 aliphatic rings. The van der Waals surface area contributed by atoms with Crippen molar-refractivity contribution in [3.63, 3.8) is 0 Å². The molecule has 0 radical (unpaired) electrons. The maximum absolute atomic E-state index is 12.3. The highest BCUT2D eigenvalue weighted by atomic mass is 79.9. The Balaban J connectivity index is 1.95. The summed E-state index contributed by atoms with van der Waals surface area (Å²) in [5, 5.41) is 2.86. The molecule has 0 atom stereocenters. The molecule has 2 heterocycles. The van der Waals surface area contributed by atoms with Gasteiger partial charge in [0.25, 0.3) is 0 Å². The smallest absolute Gasteiger partial charge is 0.171 e. The van der Waals surface area contributed by atoms with Crippen LogP contribution in [-0.4, -0.2) is 5.78 Å². The number of hydrogen-bond acceptors (Lipinski definition) is 3. The number of carbonyl (C=O) groups excluding carboxylic acids is 1. The van der Waals surface area contributed by atoms with Gasteiger partial charge in [0.05, 0.1) is 5.56 Å². The van der Waals surface area contributed by atoms with E-state index in [4.69, 9.17) is 4.42 Å². The summed E-state index contributed by atoms with van der Waals surface area (Å²) in [7, 11) is 0. The number of ketones is 1. The van der Waals surface area contributed by atoms with Crippen LogP contribution in [0.5, 0.6) is 0 Å². The Morgan fingerprint density at radius 2 is 2.11 bits per heavy atom. The number of hydrogen-bond donors (Lipinski definition) is 0. The molecular formula is C14H9BrO2S. The van der Waals surface area contributed by atoms with Crippen molar-refractivity contribution >= 4 is 44.0 Å². The number of carbonyl (C=O) groups is 1. The van der Waals surface area contributed by atoms with Gasteiger partial charge in [-0.15, -0.1) is 11.3 Å². The van der Waals surface area contributed by atoms with Crippen LogP contribution >= 0.6 is 27.3 Å². The van der Waals surface area contributed by atoms with Crippen LogP contribution in [0.4, 0.5) is 0 Å². The molecule has 4 heteroatoms. The Bertz CT molecular complexity index is 711. The maximum atomic E-state index is 12.3. The van der Waals surface area contributed by atoms with E-state index in [1.807, 2.05) is 35.7 Å². The molecule has 0 amide bonds. The van der Waals surface area contributed by atoms with Crippen LogP contribution in [0.1, 0.15) is 15.2 Å². The number of fused-ring (bicyclic) bond motifs is 1. The molecule has 0 saturated heterocycles. The topological polar surface area (TPSA) is 30.2 Å². The summed E-state index contributed by atoms with van der Waals surface area (Å²) in [6, 6.07) is 9.55. The fourth-order valence-corrected chi connectivity index (χ4v) is 3.38. The zero-order valence-corrected chi connectivity index (χ0v) is 11.8. The number of rotatable bonds is 3. The third-order valence-electron chi connectivity index (χ3n) is 2.79. The van der Waals surface area contributed by atoms with Gasteiger partial charge in [0, 0.05) is 21.2 Å². The number of benzene rings is 1. The van der Waals surface area contributed by atoms with E-state index in [0.29, 0.717) is 12.0 Å². The minimum atomic E-state index is 0.0862. The zero-order valence-electron chi connectivity index (χ0n) is 9.35. The first-order chi connectivity index (χ1) is 8.75. The van der Waals surface area contributed by atoms with Crippen molar-refractivity contribution in [3.8, 4) is 0 Å². The average Bonchev–Trinajstić information content (AvgIpc) is 2.96. The molecule has 0 fully saturated rings. The monoisotopic (exact) mass is 320 g/mol. The molecule has 2 nitrogen and oxygen atoms in total. The van der Waals surface area contributed by atoms with Gasteiger partial charge in [0.1, 0.15) is 11.8 Å². The number of halogens is 1. The maximum Gasteiger partial charge on any atom is 0.171 e. The molecule has 3 rings (SSSR count). The quantitative estimate of drug-likeness (QED) is 0.656. The molecule has 0 N–H and O–H groups in total. The molecule has 0 aliphatic carbocycles. The molecule has 0 saturated carbocycles. The van der Waals surface area contributed by atoms with Crippen molar-refractivity contribution in [1.82, 2.24) is 0 Å². The standard InChI is InChI=1S/C14H9BrO2S/c15-11-5-6-18-14(11)7-12(16)10-8-17-13-4-2-1-3-9(10)13/h1-6,8H,7H2. The molecule has 18 heavy (non-hydrogen) atoms. The van der Waals surface area contributed by atoms with Crippen molar-refractivity contribution in [2.75, 3.05) is 0 Å². The van der Waals surface area contributed by atoms with E-state index in [-0.39, 0.29) is 5.78 Å². The highest BCUT2D eigenvalue weighted by molar-refractivity contribution is 9.10. The zero-order chi connectivity index (χ0) is 12.5. The van der Waals surface area contributed by atoms with Crippen LogP contribution < -0.4 is 0 Å². The van der Waals surface area contributed by atoms with E-state index in [1.165, 1.54) is 0 Å². The van der Waals surface area contributed by atoms with Gasteiger partial charge < -0.3 is 4.42 Å². The van der Waals surface area contributed by atoms with E-state index in [1.54, 1.807) is 17.6 Å². The lowest BCUT2D eigenvalue weighted by molar-refractivity contribution is 0.0994. The van der Waals surface area contributed by atoms with Gasteiger partial charge in [-0.1, -0.05) is 18.2 Å². The van der Waals surface area contributed by atoms with Crippen molar-refractivity contribution in [2.45, 2.75) is 6.42 Å². The molecule has 0 bridgehead atoms. The summed E-state index contributed by atoms with van der Waals surface area (Å²) >= 11 is 5.02. The van der Waals surface area contributed by atoms with E-state index in [0.717, 1.165) is 20.3 Å². The van der Waals surface area contributed by atoms with Crippen LogP contribution in [0.2, 0.25) is 0 Å². The minimum absolute atomic E-state index is 0.0862. The fraction of sp³-hybridized carbons (Fsp3) is 0.0714. The predicted octanol–water partition coefficient (Wildman–Crippen LogP) is 4.68. The fourth-order valence-electron chi connectivity index (χ4n) is 1.89. The van der Waals surface area contributed by atoms with Crippen molar-refractivity contribution in [1.29, 1.82) is 0 Å². The summed E-state index contributed by atoms with van der Waals surface area (Å²) in [6.45, 7) is 0. The Hall–Kier alpha value is -1.39. The highest BCUT2D eigenvalue weighted by Gasteiger charge is 2.15. The summed E-state index contributed by atoms with van der Waals surface area (Å²) < 4.78 is 6.38. The van der Waals surface area contributed by atoms with E-state index in [2.05, 4.69) is 15.9 Å². The molecule has 0 spiro atoms. The SMILES string of the molecule is O=C(Cc1sccc1Br)c1coc2ccccc12. The first-order valence-electron chi connectivity index (χ1n) is 5.47. The second kappa shape index (κ2) is 4.71. The summed E-state index contributed by atoms with van der Waals surface area (Å²) in [4.78, 5) is 13.3. The van der Waals surface area contributed by atoms with Gasteiger partial charge in [0.15, 0.2) is 5.78 Å². The van der Waals surface area contributed by atoms with Gasteiger partial charge in [-0.3, -0.25) is 4.79 Å².